The van der Waals surface area contributed by atoms with Gasteiger partial charge in [-0.15, -0.1) is 11.8 Å². The van der Waals surface area contributed by atoms with Crippen LogP contribution in [0.4, 0.5) is 0 Å². The molecule has 1 aliphatic heterocycles. The van der Waals surface area contributed by atoms with Crippen LogP contribution in [0, 0.1) is 0 Å². The average Bonchev–Trinajstić information content (AvgIpc) is 2.83. The number of nitrogens with one attached hydrogen (secondary N) is 1. The van der Waals surface area contributed by atoms with Gasteiger partial charge in [-0.05, 0) is 18.1 Å². The molecule has 1 heterocycles. The summed E-state index contributed by atoms with van der Waals surface area (Å²) in [5.41, 5.74) is 4.54. The summed E-state index contributed by atoms with van der Waals surface area (Å²) in [6.45, 7) is 2.25. The molecule has 100 valence electrons. The van der Waals surface area contributed by atoms with Crippen molar-refractivity contribution < 1.29 is 0 Å². The summed E-state index contributed by atoms with van der Waals surface area (Å²) in [7, 11) is 0. The summed E-state index contributed by atoms with van der Waals surface area (Å²) in [4.78, 5) is 1.44. The van der Waals surface area contributed by atoms with Crippen LogP contribution >= 0.6 is 11.8 Å². The Kier molecular flexibility index (Phi) is 5.54. The topological polar surface area (TPSA) is 38.0 Å². The summed E-state index contributed by atoms with van der Waals surface area (Å²) >= 11 is 1.97. The minimum absolute atomic E-state index is 0.429. The van der Waals surface area contributed by atoms with Crippen LogP contribution in [0.15, 0.2) is 29.2 Å². The minimum Gasteiger partial charge on any atom is -0.271 e. The molecule has 3 N–H and O–H groups in total. The lowest BCUT2D eigenvalue weighted by Gasteiger charge is -2.23. The molecule has 2 nitrogen and oxygen atoms in total. The highest BCUT2D eigenvalue weighted by atomic mass is 32.2. The van der Waals surface area contributed by atoms with Crippen LogP contribution in [-0.2, 0) is 0 Å². The zero-order valence-corrected chi connectivity index (χ0v) is 12.0. The molecule has 18 heavy (non-hydrogen) atoms. The van der Waals surface area contributed by atoms with Crippen molar-refractivity contribution in [1.29, 1.82) is 0 Å². The van der Waals surface area contributed by atoms with Crippen LogP contribution in [-0.4, -0.2) is 11.8 Å². The number of hydrogen-bond donors (Lipinski definition) is 2. The summed E-state index contributed by atoms with van der Waals surface area (Å²) in [5, 5.41) is 0. The maximum Gasteiger partial charge on any atom is 0.0287 e. The number of hydrazine groups is 1. The fourth-order valence-electron chi connectivity index (χ4n) is 2.71. The van der Waals surface area contributed by atoms with E-state index >= 15 is 0 Å². The molecular weight excluding hydrogens is 240 g/mol. The van der Waals surface area contributed by atoms with Gasteiger partial charge in [-0.1, -0.05) is 50.8 Å². The summed E-state index contributed by atoms with van der Waals surface area (Å²) in [6.07, 6.45) is 6.44. The molecule has 2 rings (SSSR count). The van der Waals surface area contributed by atoms with Gasteiger partial charge >= 0.3 is 0 Å². The van der Waals surface area contributed by atoms with E-state index in [0.29, 0.717) is 12.0 Å². The van der Waals surface area contributed by atoms with Gasteiger partial charge in [-0.2, -0.15) is 0 Å². The number of benzene rings is 1. The van der Waals surface area contributed by atoms with Crippen LogP contribution in [0.5, 0.6) is 0 Å². The van der Waals surface area contributed by atoms with Crippen molar-refractivity contribution in [3.63, 3.8) is 0 Å². The Hall–Kier alpha value is -0.510. The third-order valence-electron chi connectivity index (χ3n) is 3.81. The third kappa shape index (κ3) is 3.28. The molecule has 0 aliphatic carbocycles. The Labute approximate surface area is 115 Å². The second kappa shape index (κ2) is 7.17. The monoisotopic (exact) mass is 264 g/mol. The fraction of sp³-hybridized carbons (Fsp3) is 0.600. The first-order valence-electron chi connectivity index (χ1n) is 7.04. The number of thioether (sulfide) groups is 1. The molecule has 1 aliphatic rings. The first-order chi connectivity index (χ1) is 8.86. The average molecular weight is 264 g/mol. The van der Waals surface area contributed by atoms with Crippen LogP contribution in [0.1, 0.15) is 50.5 Å². The van der Waals surface area contributed by atoms with E-state index < -0.39 is 0 Å². The number of hydrogen-bond acceptors (Lipinski definition) is 3. The van der Waals surface area contributed by atoms with E-state index in [1.165, 1.54) is 48.3 Å². The van der Waals surface area contributed by atoms with Crippen molar-refractivity contribution in [2.24, 2.45) is 5.84 Å². The Morgan fingerprint density at radius 3 is 2.94 bits per heavy atom. The van der Waals surface area contributed by atoms with Crippen molar-refractivity contribution in [2.75, 3.05) is 5.75 Å². The first-order valence-corrected chi connectivity index (χ1v) is 8.03. The first kappa shape index (κ1) is 13.9. The Bertz CT molecular complexity index is 367. The number of fused-ring (bicyclic) bond motifs is 1. The second-order valence-corrected chi connectivity index (χ2v) is 6.14. The second-order valence-electron chi connectivity index (χ2n) is 5.08. The third-order valence-corrected chi connectivity index (χ3v) is 5.01. The van der Waals surface area contributed by atoms with Gasteiger partial charge in [-0.25, -0.2) is 0 Å². The molecule has 0 radical (unpaired) electrons. The Morgan fingerprint density at radius 1 is 1.33 bits per heavy atom. The zero-order valence-electron chi connectivity index (χ0n) is 11.2. The van der Waals surface area contributed by atoms with Crippen LogP contribution < -0.4 is 11.3 Å². The lowest BCUT2D eigenvalue weighted by molar-refractivity contribution is 0.418. The zero-order chi connectivity index (χ0) is 12.8. The molecule has 0 fully saturated rings. The molecular formula is C15H24N2S. The molecule has 0 amide bonds. The molecule has 0 aromatic heterocycles. The predicted octanol–water partition coefficient (Wildman–Crippen LogP) is 3.68. The molecule has 0 saturated carbocycles. The minimum atomic E-state index is 0.429. The van der Waals surface area contributed by atoms with Crippen molar-refractivity contribution in [1.82, 2.24) is 5.43 Å². The van der Waals surface area contributed by atoms with Crippen LogP contribution in [0.2, 0.25) is 0 Å². The number of unbranched alkanes of at least 4 members (excludes halogenated alkanes) is 3. The van der Waals surface area contributed by atoms with E-state index in [9.17, 15) is 0 Å². The molecule has 2 unspecified atom stereocenters. The highest BCUT2D eigenvalue weighted by Gasteiger charge is 2.29. The molecule has 0 spiro atoms. The SMILES string of the molecule is CCCCCCC(NN)C1CSc2ccccc21. The van der Waals surface area contributed by atoms with Crippen molar-refractivity contribution >= 4 is 11.8 Å². The largest absolute Gasteiger partial charge is 0.271 e. The number of nitrogens with two attached hydrogens (primary N) is 1. The van der Waals surface area contributed by atoms with Crippen molar-refractivity contribution in [3.05, 3.63) is 29.8 Å². The van der Waals surface area contributed by atoms with Gasteiger partial charge in [0.25, 0.3) is 0 Å². The fourth-order valence-corrected chi connectivity index (χ4v) is 4.04. The smallest absolute Gasteiger partial charge is 0.0287 e. The van der Waals surface area contributed by atoms with Gasteiger partial charge in [0, 0.05) is 22.6 Å². The standard InChI is InChI=1S/C15H24N2S/c1-2-3-4-5-9-14(17-16)13-11-18-15-10-7-6-8-12(13)15/h6-8,10,13-14,17H,2-5,9,11,16H2,1H3. The van der Waals surface area contributed by atoms with Crippen molar-refractivity contribution in [2.45, 2.75) is 55.9 Å². The van der Waals surface area contributed by atoms with Gasteiger partial charge in [-0.3, -0.25) is 11.3 Å². The van der Waals surface area contributed by atoms with Gasteiger partial charge in [0.15, 0.2) is 0 Å². The van der Waals surface area contributed by atoms with E-state index in [2.05, 4.69) is 36.6 Å². The highest BCUT2D eigenvalue weighted by Crippen LogP contribution is 2.41. The van der Waals surface area contributed by atoms with Crippen LogP contribution in [0.25, 0.3) is 0 Å². The van der Waals surface area contributed by atoms with E-state index in [0.717, 1.165) is 0 Å². The maximum atomic E-state index is 5.77. The van der Waals surface area contributed by atoms with Gasteiger partial charge in [0.1, 0.15) is 0 Å². The van der Waals surface area contributed by atoms with E-state index in [4.69, 9.17) is 5.84 Å². The molecule has 1 aromatic carbocycles. The van der Waals surface area contributed by atoms with Gasteiger partial charge in [0.2, 0.25) is 0 Å². The van der Waals surface area contributed by atoms with E-state index in [1.807, 2.05) is 11.8 Å². The highest BCUT2D eigenvalue weighted by molar-refractivity contribution is 7.99. The predicted molar refractivity (Wildman–Crippen MR) is 79.8 cm³/mol. The molecule has 3 heteroatoms. The van der Waals surface area contributed by atoms with Crippen LogP contribution in [0.3, 0.4) is 0 Å². The summed E-state index contributed by atoms with van der Waals surface area (Å²) in [6, 6.07) is 9.18. The molecule has 0 saturated heterocycles. The van der Waals surface area contributed by atoms with Gasteiger partial charge in [0.05, 0.1) is 0 Å². The lowest BCUT2D eigenvalue weighted by Crippen LogP contribution is -2.40. The van der Waals surface area contributed by atoms with E-state index in [-0.39, 0.29) is 0 Å². The maximum absolute atomic E-state index is 5.77. The normalized spacial score (nSPS) is 19.8. The Balaban J connectivity index is 1.93. The van der Waals surface area contributed by atoms with Crippen molar-refractivity contribution in [3.8, 4) is 0 Å². The molecule has 1 aromatic rings. The molecule has 2 atom stereocenters. The summed E-state index contributed by atoms with van der Waals surface area (Å²) in [5.74, 6) is 7.52. The number of rotatable bonds is 7. The quantitative estimate of drug-likeness (QED) is 0.448. The molecule has 0 bridgehead atoms. The Morgan fingerprint density at radius 2 is 2.17 bits per heavy atom. The van der Waals surface area contributed by atoms with Gasteiger partial charge < -0.3 is 0 Å². The lowest BCUT2D eigenvalue weighted by atomic mass is 9.90. The van der Waals surface area contributed by atoms with E-state index in [1.54, 1.807) is 0 Å². The summed E-state index contributed by atoms with van der Waals surface area (Å²) < 4.78 is 0.